The molecule has 30 heteroatoms. The molecular formula is C42H34N7O20P3-2. The molecule has 4 unspecified atom stereocenters. The van der Waals surface area contributed by atoms with Gasteiger partial charge in [-0.2, -0.15) is 0 Å². The molecule has 8 rings (SSSR count). The van der Waals surface area contributed by atoms with Crippen LogP contribution in [-0.2, 0) is 42.6 Å². The van der Waals surface area contributed by atoms with Gasteiger partial charge in [0.15, 0.2) is 22.4 Å². The summed E-state index contributed by atoms with van der Waals surface area (Å²) in [6.45, 7) is -1.18. The standard InChI is InChI=1S/C42H36N7O20P3/c1-64-72(63,69-71(61,62)68-70(58,59)60)65-19-35-32(52)17-36(67-35)48-21-47-38-39(45-20-46-40(38)48)44-18-24-5-4-22(13-31(24)49(56)57)3-2-12-43-41(53)23-6-9-27(42(54)55)30(14-23)37-28-10-7-25(50)15-33(28)66-34-16-26(51)8-11-29(34)37/h4-11,13-16,20-21,32,35-36,50,52H,12,17-19H2,1H3,(H,43,53)(H,54,55)(H,61,62)(H,44,45,46)(H2,58,59,60)/p-2/t32?,35-,36-,72?/m1/s1. The van der Waals surface area contributed by atoms with Gasteiger partial charge in [-0.3, -0.25) is 42.4 Å². The number of rotatable bonds is 17. The number of benzene rings is 4. The number of carbonyl (C=O) groups is 2. The fraction of sp³-hybridized carbons (Fsp3) is 0.190. The zero-order chi connectivity index (χ0) is 51.7. The van der Waals surface area contributed by atoms with E-state index in [0.717, 1.165) is 6.33 Å². The van der Waals surface area contributed by atoms with E-state index in [9.17, 15) is 63.3 Å². The van der Waals surface area contributed by atoms with E-state index in [1.165, 1.54) is 83.7 Å². The predicted octanol–water partition coefficient (Wildman–Crippen LogP) is 3.79. The maximum absolute atomic E-state index is 13.4. The van der Waals surface area contributed by atoms with Gasteiger partial charge in [0.05, 0.1) is 36.1 Å². The summed E-state index contributed by atoms with van der Waals surface area (Å²) in [4.78, 5) is 93.7. The van der Waals surface area contributed by atoms with Crippen LogP contribution in [0.25, 0.3) is 44.6 Å². The van der Waals surface area contributed by atoms with Crippen molar-refractivity contribution in [2.45, 2.75) is 31.4 Å². The van der Waals surface area contributed by atoms with E-state index in [-0.39, 0.29) is 92.5 Å². The Morgan fingerprint density at radius 2 is 1.79 bits per heavy atom. The number of aliphatic hydroxyl groups excluding tert-OH is 1. The number of aliphatic hydroxyl groups is 1. The average molecular weight is 1050 g/mol. The Morgan fingerprint density at radius 3 is 2.53 bits per heavy atom. The normalized spacial score (nSPS) is 18.2. The van der Waals surface area contributed by atoms with Crippen LogP contribution in [0.3, 0.4) is 0 Å². The Labute approximate surface area is 402 Å². The zero-order valence-corrected chi connectivity index (χ0v) is 39.2. The number of nitrogens with zero attached hydrogens (tertiary/aromatic N) is 5. The topological polar surface area (TPSA) is 400 Å². The third-order valence-corrected chi connectivity index (χ3v) is 14.8. The predicted molar refractivity (Wildman–Crippen MR) is 243 cm³/mol. The van der Waals surface area contributed by atoms with Gasteiger partial charge in [-0.25, -0.2) is 32.9 Å². The molecule has 0 bridgehead atoms. The lowest BCUT2D eigenvalue weighted by atomic mass is 9.89. The highest BCUT2D eigenvalue weighted by Gasteiger charge is 2.40. The van der Waals surface area contributed by atoms with Crippen LogP contribution >= 0.6 is 23.5 Å². The van der Waals surface area contributed by atoms with E-state index in [2.05, 4.69) is 50.6 Å². The van der Waals surface area contributed by atoms with Gasteiger partial charge in [-0.1, -0.05) is 11.8 Å². The molecule has 6 atom stereocenters. The van der Waals surface area contributed by atoms with Crippen LogP contribution in [0.15, 0.2) is 94.7 Å². The number of aromatic nitrogens is 4. The van der Waals surface area contributed by atoms with Crippen molar-refractivity contribution >= 4 is 69.0 Å². The fourth-order valence-corrected chi connectivity index (χ4v) is 10.8. The molecule has 6 N–H and O–H groups in total. The number of nitrogens with one attached hydrogen (secondary N) is 2. The number of hydrogen-bond donors (Lipinski definition) is 6. The maximum atomic E-state index is 13.4. The van der Waals surface area contributed by atoms with E-state index in [0.29, 0.717) is 23.6 Å². The van der Waals surface area contributed by atoms with E-state index in [1.807, 2.05) is 0 Å². The Hall–Kier alpha value is -7.27. The average Bonchev–Trinajstić information content (AvgIpc) is 3.92. The second-order valence-electron chi connectivity index (χ2n) is 15.3. The number of imidazole rings is 1. The van der Waals surface area contributed by atoms with Crippen LogP contribution in [0, 0.1) is 22.0 Å². The number of carboxylic acids is 1. The number of ether oxygens (including phenoxy) is 1. The Balaban J connectivity index is 0.923. The minimum atomic E-state index is -5.98. The van der Waals surface area contributed by atoms with Gasteiger partial charge < -0.3 is 49.8 Å². The van der Waals surface area contributed by atoms with Crippen LogP contribution in [-0.4, -0.2) is 89.0 Å². The number of anilines is 1. The van der Waals surface area contributed by atoms with Gasteiger partial charge in [-0.05, 0) is 60.2 Å². The summed E-state index contributed by atoms with van der Waals surface area (Å²) in [6.07, 6.45) is -1.28. The fourth-order valence-electron chi connectivity index (χ4n) is 7.51. The number of phenolic OH excluding ortho intramolecular Hbond substituents is 1. The van der Waals surface area contributed by atoms with Gasteiger partial charge in [0.1, 0.15) is 35.8 Å². The first kappa shape index (κ1) is 51.1. The molecule has 72 heavy (non-hydrogen) atoms. The molecule has 1 aliphatic carbocycles. The number of amides is 1. The molecule has 0 radical (unpaired) electrons. The first-order valence-corrected chi connectivity index (χ1v) is 25.0. The summed E-state index contributed by atoms with van der Waals surface area (Å²) in [7, 11) is -16.3. The third-order valence-electron chi connectivity index (χ3n) is 10.7. The molecule has 5 aromatic rings. The van der Waals surface area contributed by atoms with Gasteiger partial charge in [0.2, 0.25) is 0 Å². The lowest BCUT2D eigenvalue weighted by molar-refractivity contribution is -0.385. The number of phenols is 1. The summed E-state index contributed by atoms with van der Waals surface area (Å²) in [6, 6.07) is 16.4. The molecule has 374 valence electrons. The van der Waals surface area contributed by atoms with E-state index in [4.69, 9.17) is 18.6 Å². The molecule has 1 amide bonds. The number of nitro benzene ring substituents is 1. The van der Waals surface area contributed by atoms with Crippen molar-refractivity contribution in [3.63, 3.8) is 0 Å². The number of aromatic hydroxyl groups is 1. The third kappa shape index (κ3) is 11.4. The largest absolute Gasteiger partial charge is 0.756 e. The summed E-state index contributed by atoms with van der Waals surface area (Å²) in [5.74, 6) is 3.72. The molecule has 1 fully saturated rings. The maximum Gasteiger partial charge on any atom is 0.481 e. The van der Waals surface area contributed by atoms with Crippen molar-refractivity contribution in [2.24, 2.45) is 0 Å². The quantitative estimate of drug-likeness (QED) is 0.0248. The van der Waals surface area contributed by atoms with Crippen molar-refractivity contribution in [1.29, 1.82) is 0 Å². The molecule has 1 saturated heterocycles. The summed E-state index contributed by atoms with van der Waals surface area (Å²) < 4.78 is 65.2. The highest BCUT2D eigenvalue weighted by molar-refractivity contribution is 7.65. The first-order chi connectivity index (χ1) is 34.1. The van der Waals surface area contributed by atoms with Gasteiger partial charge in [0, 0.05) is 71.5 Å². The van der Waals surface area contributed by atoms with Crippen molar-refractivity contribution in [3.05, 3.63) is 128 Å². The molecule has 0 spiro atoms. The number of fused-ring (bicyclic) bond motifs is 3. The van der Waals surface area contributed by atoms with E-state index < -0.39 is 65.3 Å². The van der Waals surface area contributed by atoms with E-state index >= 15 is 0 Å². The second kappa shape index (κ2) is 20.5. The number of phosphoric acid groups is 3. The molecule has 3 aromatic carbocycles. The SMILES string of the molecule is COP(=O)(OC[C@H]1O[C@@H](n2cnc3c(NCc4ccc(C#CCNC(=O)c5ccc(C(=O)O)c(-c6c7ccc(=O)cc-7oc7cc(O)ccc67)c5)cc4[N+](=O)[O-])ncnc32)CC1O)OP(=O)([O-])OP(=O)([O-])O. The highest BCUT2D eigenvalue weighted by atomic mass is 31.3. The lowest BCUT2D eigenvalue weighted by Gasteiger charge is -2.29. The summed E-state index contributed by atoms with van der Waals surface area (Å²) in [5.41, 5.74) is 1.01. The Bertz CT molecular complexity index is 3550. The number of hydrogen-bond acceptors (Lipinski definition) is 22. The highest BCUT2D eigenvalue weighted by Crippen LogP contribution is 2.65. The lowest BCUT2D eigenvalue weighted by Crippen LogP contribution is -2.26. The molecule has 2 aromatic heterocycles. The van der Waals surface area contributed by atoms with Crippen LogP contribution < -0.4 is 25.8 Å². The molecule has 3 aliphatic rings. The molecule has 4 heterocycles. The molecule has 27 nitrogen and oxygen atoms in total. The minimum absolute atomic E-state index is 0.0579. The summed E-state index contributed by atoms with van der Waals surface area (Å²) >= 11 is 0. The van der Waals surface area contributed by atoms with Gasteiger partial charge in [0.25, 0.3) is 27.2 Å². The van der Waals surface area contributed by atoms with Crippen LogP contribution in [0.2, 0.25) is 0 Å². The van der Waals surface area contributed by atoms with Crippen molar-refractivity contribution in [3.8, 4) is 40.0 Å². The van der Waals surface area contributed by atoms with Crippen molar-refractivity contribution < 1.29 is 85.0 Å². The smallest absolute Gasteiger partial charge is 0.481 e. The number of carbonyl (C=O) groups excluding carboxylic acids is 1. The Morgan fingerprint density at radius 1 is 1.00 bits per heavy atom. The number of carboxylic acid groups (broad SMARTS) is 1. The monoisotopic (exact) mass is 1050 g/mol. The van der Waals surface area contributed by atoms with Gasteiger partial charge in [-0.15, -0.1) is 0 Å². The van der Waals surface area contributed by atoms with Crippen LogP contribution in [0.1, 0.15) is 44.5 Å². The van der Waals surface area contributed by atoms with Crippen LogP contribution in [0.5, 0.6) is 5.75 Å². The zero-order valence-electron chi connectivity index (χ0n) is 36.5. The van der Waals surface area contributed by atoms with Crippen molar-refractivity contribution in [2.75, 3.05) is 25.6 Å². The van der Waals surface area contributed by atoms with Gasteiger partial charge >= 0.3 is 13.8 Å². The second-order valence-corrected chi connectivity index (χ2v) is 20.0. The first-order valence-electron chi connectivity index (χ1n) is 20.6. The number of aromatic carboxylic acids is 1. The van der Waals surface area contributed by atoms with Crippen molar-refractivity contribution in [1.82, 2.24) is 24.8 Å². The Kier molecular flexibility index (Phi) is 14.5. The number of nitro groups is 1. The minimum Gasteiger partial charge on any atom is -0.756 e. The molecule has 0 saturated carbocycles. The van der Waals surface area contributed by atoms with Crippen LogP contribution in [0.4, 0.5) is 11.5 Å². The molecular weight excluding hydrogens is 1020 g/mol. The summed E-state index contributed by atoms with van der Waals surface area (Å²) in [5, 5.41) is 49.2. The van der Waals surface area contributed by atoms with E-state index in [1.54, 1.807) is 0 Å². The molecule has 2 aliphatic heterocycles. The number of phosphoric ester groups is 1.